The van der Waals surface area contributed by atoms with Gasteiger partial charge >= 0.3 is 0 Å². The molecule has 0 saturated carbocycles. The molecule has 0 aliphatic heterocycles. The van der Waals surface area contributed by atoms with Gasteiger partial charge in [0.1, 0.15) is 0 Å². The Labute approximate surface area is 97.7 Å². The minimum atomic E-state index is -0.179. The maximum absolute atomic E-state index is 11.5. The highest BCUT2D eigenvalue weighted by atomic mass is 32.1. The molecule has 0 aromatic carbocycles. The number of nitrogens with one attached hydrogen (secondary N) is 2. The van der Waals surface area contributed by atoms with Gasteiger partial charge in [0.05, 0.1) is 13.1 Å². The van der Waals surface area contributed by atoms with Gasteiger partial charge in [-0.25, -0.2) is 4.98 Å². The van der Waals surface area contributed by atoms with Crippen molar-refractivity contribution in [1.29, 1.82) is 0 Å². The minimum absolute atomic E-state index is 0.121. The fraction of sp³-hybridized carbons (Fsp3) is 0.444. The SMILES string of the molecule is CNC(=O)CN(C)CC(=O)Nc1nccs1. The van der Waals surface area contributed by atoms with E-state index >= 15 is 0 Å². The van der Waals surface area contributed by atoms with Crippen LogP contribution in [-0.2, 0) is 9.59 Å². The Hall–Kier alpha value is -1.47. The van der Waals surface area contributed by atoms with Gasteiger partial charge in [-0.05, 0) is 7.05 Å². The Kier molecular flexibility index (Phi) is 4.87. The molecule has 1 aromatic heterocycles. The summed E-state index contributed by atoms with van der Waals surface area (Å²) in [5.41, 5.74) is 0. The number of anilines is 1. The van der Waals surface area contributed by atoms with E-state index in [2.05, 4.69) is 15.6 Å². The first-order chi connectivity index (χ1) is 7.61. The summed E-state index contributed by atoms with van der Waals surface area (Å²) in [5, 5.41) is 7.48. The summed E-state index contributed by atoms with van der Waals surface area (Å²) >= 11 is 1.36. The number of aromatic nitrogens is 1. The van der Waals surface area contributed by atoms with Crippen LogP contribution in [-0.4, -0.2) is 48.9 Å². The van der Waals surface area contributed by atoms with Crippen molar-refractivity contribution in [2.75, 3.05) is 32.5 Å². The molecule has 6 nitrogen and oxygen atoms in total. The molecule has 16 heavy (non-hydrogen) atoms. The van der Waals surface area contributed by atoms with Crippen LogP contribution < -0.4 is 10.6 Å². The predicted octanol–water partition coefficient (Wildman–Crippen LogP) is -0.241. The van der Waals surface area contributed by atoms with Crippen LogP contribution in [0.4, 0.5) is 5.13 Å². The number of rotatable bonds is 5. The van der Waals surface area contributed by atoms with Crippen LogP contribution >= 0.6 is 11.3 Å². The minimum Gasteiger partial charge on any atom is -0.358 e. The van der Waals surface area contributed by atoms with Gasteiger partial charge in [-0.1, -0.05) is 0 Å². The maximum Gasteiger partial charge on any atom is 0.240 e. The van der Waals surface area contributed by atoms with Crippen molar-refractivity contribution in [3.63, 3.8) is 0 Å². The van der Waals surface area contributed by atoms with Crippen LogP contribution in [0.3, 0.4) is 0 Å². The maximum atomic E-state index is 11.5. The third kappa shape index (κ3) is 4.37. The largest absolute Gasteiger partial charge is 0.358 e. The first-order valence-corrected chi connectivity index (χ1v) is 5.58. The lowest BCUT2D eigenvalue weighted by atomic mass is 10.4. The normalized spacial score (nSPS) is 10.2. The molecule has 1 rings (SSSR count). The second-order valence-electron chi connectivity index (χ2n) is 3.23. The predicted molar refractivity (Wildman–Crippen MR) is 62.3 cm³/mol. The van der Waals surface area contributed by atoms with Crippen LogP contribution in [0.1, 0.15) is 0 Å². The van der Waals surface area contributed by atoms with Gasteiger partial charge in [-0.2, -0.15) is 0 Å². The van der Waals surface area contributed by atoms with E-state index in [1.54, 1.807) is 30.6 Å². The number of likely N-dealkylation sites (N-methyl/N-ethyl adjacent to an activating group) is 2. The molecule has 2 amide bonds. The third-order valence-electron chi connectivity index (χ3n) is 1.78. The fourth-order valence-electron chi connectivity index (χ4n) is 1.07. The molecule has 0 radical (unpaired) electrons. The van der Waals surface area contributed by atoms with Crippen LogP contribution in [0.25, 0.3) is 0 Å². The summed E-state index contributed by atoms with van der Waals surface area (Å²) in [5.74, 6) is -0.300. The Bertz CT molecular complexity index is 352. The third-order valence-corrected chi connectivity index (χ3v) is 2.47. The Morgan fingerprint density at radius 1 is 1.44 bits per heavy atom. The van der Waals surface area contributed by atoms with Gasteiger partial charge in [0, 0.05) is 18.6 Å². The van der Waals surface area contributed by atoms with Crippen molar-refractivity contribution in [3.05, 3.63) is 11.6 Å². The Morgan fingerprint density at radius 2 is 2.12 bits per heavy atom. The lowest BCUT2D eigenvalue weighted by Crippen LogP contribution is -2.37. The molecule has 1 aromatic rings. The topological polar surface area (TPSA) is 74.3 Å². The second-order valence-corrected chi connectivity index (χ2v) is 4.13. The highest BCUT2D eigenvalue weighted by Crippen LogP contribution is 2.09. The monoisotopic (exact) mass is 242 g/mol. The number of carbonyl (C=O) groups excluding carboxylic acids is 2. The average Bonchev–Trinajstić information content (AvgIpc) is 2.69. The van der Waals surface area contributed by atoms with E-state index in [0.717, 1.165) is 0 Å². The van der Waals surface area contributed by atoms with E-state index in [1.165, 1.54) is 11.3 Å². The average molecular weight is 242 g/mol. The molecular weight excluding hydrogens is 228 g/mol. The van der Waals surface area contributed by atoms with E-state index in [-0.39, 0.29) is 24.9 Å². The molecule has 2 N–H and O–H groups in total. The van der Waals surface area contributed by atoms with Crippen molar-refractivity contribution in [3.8, 4) is 0 Å². The van der Waals surface area contributed by atoms with Crippen LogP contribution in [0, 0.1) is 0 Å². The summed E-state index contributed by atoms with van der Waals surface area (Å²) in [7, 11) is 3.27. The number of hydrogen-bond acceptors (Lipinski definition) is 5. The quantitative estimate of drug-likeness (QED) is 0.747. The number of nitrogens with zero attached hydrogens (tertiary/aromatic N) is 2. The second kappa shape index (κ2) is 6.19. The number of thiazole rings is 1. The Morgan fingerprint density at radius 3 is 2.69 bits per heavy atom. The molecule has 7 heteroatoms. The van der Waals surface area contributed by atoms with Crippen LogP contribution in [0.2, 0.25) is 0 Å². The standard InChI is InChI=1S/C9H14N4O2S/c1-10-7(14)5-13(2)6-8(15)12-9-11-3-4-16-9/h3-4H,5-6H2,1-2H3,(H,10,14)(H,11,12,15). The molecule has 0 bridgehead atoms. The Balaban J connectivity index is 2.31. The van der Waals surface area contributed by atoms with Crippen LogP contribution in [0.5, 0.6) is 0 Å². The lowest BCUT2D eigenvalue weighted by Gasteiger charge is -2.14. The summed E-state index contributed by atoms with van der Waals surface area (Å²) in [4.78, 5) is 28.1. The van der Waals surface area contributed by atoms with E-state index in [1.807, 2.05) is 0 Å². The van der Waals surface area contributed by atoms with Crippen molar-refractivity contribution in [2.24, 2.45) is 0 Å². The molecule has 0 spiro atoms. The lowest BCUT2D eigenvalue weighted by molar-refractivity contribution is -0.122. The molecule has 0 fully saturated rings. The van der Waals surface area contributed by atoms with Gasteiger partial charge in [0.25, 0.3) is 0 Å². The van der Waals surface area contributed by atoms with Gasteiger partial charge in [-0.3, -0.25) is 14.5 Å². The molecular formula is C9H14N4O2S. The summed E-state index contributed by atoms with van der Waals surface area (Å²) < 4.78 is 0. The molecule has 88 valence electrons. The first kappa shape index (κ1) is 12.6. The van der Waals surface area contributed by atoms with Gasteiger partial charge in [-0.15, -0.1) is 11.3 Å². The van der Waals surface area contributed by atoms with Gasteiger partial charge in [0.2, 0.25) is 11.8 Å². The number of carbonyl (C=O) groups is 2. The zero-order valence-corrected chi connectivity index (χ0v) is 10.0. The molecule has 1 heterocycles. The van der Waals surface area contributed by atoms with E-state index in [4.69, 9.17) is 0 Å². The van der Waals surface area contributed by atoms with Gasteiger partial charge in [0.15, 0.2) is 5.13 Å². The molecule has 0 saturated heterocycles. The fourth-order valence-corrected chi connectivity index (χ4v) is 1.61. The highest BCUT2D eigenvalue weighted by molar-refractivity contribution is 7.13. The van der Waals surface area contributed by atoms with Crippen molar-refractivity contribution >= 4 is 28.3 Å². The van der Waals surface area contributed by atoms with E-state index < -0.39 is 0 Å². The van der Waals surface area contributed by atoms with E-state index in [0.29, 0.717) is 5.13 Å². The molecule has 0 aliphatic carbocycles. The van der Waals surface area contributed by atoms with Crippen molar-refractivity contribution in [2.45, 2.75) is 0 Å². The summed E-state index contributed by atoms with van der Waals surface area (Å²) in [6, 6.07) is 0. The molecule has 0 atom stereocenters. The zero-order valence-electron chi connectivity index (χ0n) is 9.19. The van der Waals surface area contributed by atoms with Crippen LogP contribution in [0.15, 0.2) is 11.6 Å². The zero-order chi connectivity index (χ0) is 12.0. The highest BCUT2D eigenvalue weighted by Gasteiger charge is 2.10. The number of amides is 2. The molecule has 0 unspecified atom stereocenters. The molecule has 0 aliphatic rings. The summed E-state index contributed by atoms with van der Waals surface area (Å²) in [6.45, 7) is 0.356. The number of hydrogen-bond donors (Lipinski definition) is 2. The first-order valence-electron chi connectivity index (χ1n) is 4.70. The summed E-state index contributed by atoms with van der Waals surface area (Å²) in [6.07, 6.45) is 1.62. The van der Waals surface area contributed by atoms with Gasteiger partial charge < -0.3 is 10.6 Å². The van der Waals surface area contributed by atoms with E-state index in [9.17, 15) is 9.59 Å². The van der Waals surface area contributed by atoms with Crippen molar-refractivity contribution < 1.29 is 9.59 Å². The van der Waals surface area contributed by atoms with Crippen molar-refractivity contribution in [1.82, 2.24) is 15.2 Å². The smallest absolute Gasteiger partial charge is 0.240 e.